The Balaban J connectivity index is 2.83. The highest BCUT2D eigenvalue weighted by Crippen LogP contribution is 2.18. The molecule has 3 N–H and O–H groups in total. The molecular formula is C10H12N4O3. The molecule has 2 atom stereocenters. The Bertz CT molecular complexity index is 443. The Hall–Kier alpha value is -2.08. The topological polar surface area (TPSA) is 122 Å². The Labute approximate surface area is 97.3 Å². The predicted molar refractivity (Wildman–Crippen MR) is 60.8 cm³/mol. The molecule has 0 amide bonds. The minimum Gasteiger partial charge on any atom is -0.411 e. The van der Waals surface area contributed by atoms with Crippen molar-refractivity contribution in [2.75, 3.05) is 6.54 Å². The van der Waals surface area contributed by atoms with Gasteiger partial charge in [0.05, 0.1) is 18.9 Å². The van der Waals surface area contributed by atoms with Crippen LogP contribution in [0.2, 0.25) is 0 Å². The van der Waals surface area contributed by atoms with Gasteiger partial charge in [-0.3, -0.25) is 0 Å². The van der Waals surface area contributed by atoms with Gasteiger partial charge in [-0.05, 0) is 22.7 Å². The van der Waals surface area contributed by atoms with E-state index in [2.05, 4.69) is 15.2 Å². The number of oxime groups is 1. The Morgan fingerprint density at radius 3 is 2.82 bits per heavy atom. The average molecular weight is 236 g/mol. The molecule has 0 saturated heterocycles. The summed E-state index contributed by atoms with van der Waals surface area (Å²) in [5, 5.41) is 33.7. The summed E-state index contributed by atoms with van der Waals surface area (Å²) in [7, 11) is 0. The van der Waals surface area contributed by atoms with Gasteiger partial charge in [0.25, 0.3) is 0 Å². The van der Waals surface area contributed by atoms with Crippen LogP contribution in [0.15, 0.2) is 34.5 Å². The van der Waals surface area contributed by atoms with E-state index in [9.17, 15) is 10.2 Å². The van der Waals surface area contributed by atoms with Gasteiger partial charge in [-0.25, -0.2) is 0 Å². The van der Waals surface area contributed by atoms with Gasteiger partial charge in [-0.2, -0.15) is 0 Å². The molecule has 1 rings (SSSR count). The maximum Gasteiger partial charge on any atom is 0.105 e. The van der Waals surface area contributed by atoms with Gasteiger partial charge < -0.3 is 15.4 Å². The van der Waals surface area contributed by atoms with E-state index in [0.717, 1.165) is 0 Å². The van der Waals surface area contributed by atoms with Crippen LogP contribution in [0.1, 0.15) is 17.2 Å². The summed E-state index contributed by atoms with van der Waals surface area (Å²) in [5.74, 6) is 0. The van der Waals surface area contributed by atoms with Crippen molar-refractivity contribution in [1.82, 2.24) is 0 Å². The number of aliphatic hydroxyl groups excluding tert-OH is 2. The molecular weight excluding hydrogens is 224 g/mol. The molecule has 1 aromatic carbocycles. The average Bonchev–Trinajstić information content (AvgIpc) is 2.35. The summed E-state index contributed by atoms with van der Waals surface area (Å²) in [5.41, 5.74) is 9.13. The molecule has 7 nitrogen and oxygen atoms in total. The summed E-state index contributed by atoms with van der Waals surface area (Å²) >= 11 is 0. The number of hydrogen-bond donors (Lipinski definition) is 3. The highest BCUT2D eigenvalue weighted by atomic mass is 16.4. The van der Waals surface area contributed by atoms with Gasteiger partial charge in [0.2, 0.25) is 0 Å². The quantitative estimate of drug-likeness (QED) is 0.178. The number of rotatable bonds is 5. The van der Waals surface area contributed by atoms with Crippen molar-refractivity contribution in [2.45, 2.75) is 12.2 Å². The molecule has 0 bridgehead atoms. The summed E-state index contributed by atoms with van der Waals surface area (Å²) in [6, 6.07) is 6.49. The van der Waals surface area contributed by atoms with Crippen molar-refractivity contribution in [2.24, 2.45) is 10.3 Å². The third-order valence-corrected chi connectivity index (χ3v) is 2.16. The number of aliphatic hydroxyl groups is 2. The molecule has 1 aromatic rings. The second-order valence-corrected chi connectivity index (χ2v) is 3.34. The maximum absolute atomic E-state index is 9.77. The Morgan fingerprint density at radius 2 is 2.18 bits per heavy atom. The summed E-state index contributed by atoms with van der Waals surface area (Å²) in [4.78, 5) is 2.50. The summed E-state index contributed by atoms with van der Waals surface area (Å²) in [6.07, 6.45) is -1.13. The lowest BCUT2D eigenvalue weighted by atomic mass is 10.0. The third-order valence-electron chi connectivity index (χ3n) is 2.16. The second-order valence-electron chi connectivity index (χ2n) is 3.34. The lowest BCUT2D eigenvalue weighted by Crippen LogP contribution is -2.21. The number of nitrogens with zero attached hydrogens (tertiary/aromatic N) is 4. The van der Waals surface area contributed by atoms with Crippen LogP contribution in [0.4, 0.5) is 0 Å². The Morgan fingerprint density at radius 1 is 1.41 bits per heavy atom. The molecule has 0 fully saturated rings. The molecule has 0 saturated carbocycles. The molecule has 90 valence electrons. The molecule has 0 aliphatic carbocycles. The normalized spacial score (nSPS) is 14.2. The van der Waals surface area contributed by atoms with E-state index in [-0.39, 0.29) is 6.54 Å². The zero-order valence-corrected chi connectivity index (χ0v) is 8.88. The van der Waals surface area contributed by atoms with Crippen LogP contribution in [0.5, 0.6) is 0 Å². The van der Waals surface area contributed by atoms with Gasteiger partial charge in [0, 0.05) is 4.91 Å². The highest BCUT2D eigenvalue weighted by Gasteiger charge is 2.17. The minimum absolute atomic E-state index is 0.212. The van der Waals surface area contributed by atoms with Crippen molar-refractivity contribution in [1.29, 1.82) is 0 Å². The molecule has 0 heterocycles. The van der Waals surface area contributed by atoms with E-state index < -0.39 is 12.2 Å². The third kappa shape index (κ3) is 3.76. The molecule has 0 aliphatic heterocycles. The van der Waals surface area contributed by atoms with Crippen LogP contribution < -0.4 is 0 Å². The van der Waals surface area contributed by atoms with Crippen LogP contribution in [-0.2, 0) is 0 Å². The minimum atomic E-state index is -1.17. The van der Waals surface area contributed by atoms with E-state index in [1.807, 2.05) is 0 Å². The smallest absolute Gasteiger partial charge is 0.105 e. The van der Waals surface area contributed by atoms with Crippen LogP contribution in [0.3, 0.4) is 0 Å². The van der Waals surface area contributed by atoms with E-state index in [0.29, 0.717) is 11.1 Å². The van der Waals surface area contributed by atoms with E-state index in [1.54, 1.807) is 24.3 Å². The van der Waals surface area contributed by atoms with E-state index in [4.69, 9.17) is 10.7 Å². The van der Waals surface area contributed by atoms with Gasteiger partial charge >= 0.3 is 0 Å². The van der Waals surface area contributed by atoms with Crippen molar-refractivity contribution >= 4 is 6.21 Å². The molecule has 0 aromatic heterocycles. The SMILES string of the molecule is [N-]=[N+]=NCC(O)C(O)c1cccc(C=NO)c1. The number of hydrogen-bond acceptors (Lipinski definition) is 5. The first kappa shape index (κ1) is 13.0. The fourth-order valence-electron chi connectivity index (χ4n) is 1.33. The molecule has 0 spiro atoms. The Kier molecular flexibility index (Phi) is 4.96. The fourth-order valence-corrected chi connectivity index (χ4v) is 1.33. The lowest BCUT2D eigenvalue weighted by Gasteiger charge is -2.16. The first-order valence-corrected chi connectivity index (χ1v) is 4.83. The first-order chi connectivity index (χ1) is 8.19. The van der Waals surface area contributed by atoms with Crippen molar-refractivity contribution in [3.05, 3.63) is 45.8 Å². The first-order valence-electron chi connectivity index (χ1n) is 4.83. The zero-order valence-electron chi connectivity index (χ0n) is 8.88. The molecule has 2 unspecified atom stereocenters. The van der Waals surface area contributed by atoms with Gasteiger partial charge in [-0.1, -0.05) is 28.5 Å². The molecule has 0 radical (unpaired) electrons. The molecule has 17 heavy (non-hydrogen) atoms. The predicted octanol–water partition coefficient (Wildman–Crippen LogP) is 1.20. The summed E-state index contributed by atoms with van der Waals surface area (Å²) < 4.78 is 0. The van der Waals surface area contributed by atoms with E-state index >= 15 is 0 Å². The number of azide groups is 1. The fraction of sp³-hybridized carbons (Fsp3) is 0.300. The number of benzene rings is 1. The van der Waals surface area contributed by atoms with Crippen LogP contribution >= 0.6 is 0 Å². The van der Waals surface area contributed by atoms with Crippen molar-refractivity contribution in [3.8, 4) is 0 Å². The molecule has 7 heteroatoms. The van der Waals surface area contributed by atoms with Gasteiger partial charge in [0.15, 0.2) is 0 Å². The maximum atomic E-state index is 9.77. The highest BCUT2D eigenvalue weighted by molar-refractivity contribution is 5.79. The summed E-state index contributed by atoms with van der Waals surface area (Å²) in [6.45, 7) is -0.212. The van der Waals surface area contributed by atoms with Gasteiger partial charge in [-0.15, -0.1) is 0 Å². The second kappa shape index (κ2) is 6.49. The van der Waals surface area contributed by atoms with E-state index in [1.165, 1.54) is 6.21 Å². The van der Waals surface area contributed by atoms with Crippen LogP contribution in [0.25, 0.3) is 10.4 Å². The standard InChI is InChI=1S/C10H12N4O3/c11-14-12-6-9(15)10(16)8-3-1-2-7(4-8)5-13-17/h1-5,9-10,15-17H,6H2. The van der Waals surface area contributed by atoms with Crippen LogP contribution in [0, 0.1) is 0 Å². The zero-order chi connectivity index (χ0) is 12.7. The monoisotopic (exact) mass is 236 g/mol. The largest absolute Gasteiger partial charge is 0.411 e. The lowest BCUT2D eigenvalue weighted by molar-refractivity contribution is 0.0244. The van der Waals surface area contributed by atoms with Gasteiger partial charge in [0.1, 0.15) is 6.10 Å². The van der Waals surface area contributed by atoms with Crippen LogP contribution in [-0.4, -0.2) is 34.3 Å². The molecule has 0 aliphatic rings. The van der Waals surface area contributed by atoms with Crippen molar-refractivity contribution < 1.29 is 15.4 Å². The van der Waals surface area contributed by atoms with Crippen molar-refractivity contribution in [3.63, 3.8) is 0 Å².